The minimum Gasteiger partial charge on any atom is -0.351 e. The van der Waals surface area contributed by atoms with Crippen molar-refractivity contribution in [2.45, 2.75) is 32.9 Å². The molecule has 0 aliphatic carbocycles. The number of hydrogen-bond acceptors (Lipinski definition) is 3. The Balaban J connectivity index is 2.45. The van der Waals surface area contributed by atoms with E-state index in [1.807, 2.05) is 0 Å². The van der Waals surface area contributed by atoms with Crippen LogP contribution in [0.15, 0.2) is 30.2 Å². The Kier molecular flexibility index (Phi) is 6.68. The van der Waals surface area contributed by atoms with Gasteiger partial charge in [0.1, 0.15) is 0 Å². The van der Waals surface area contributed by atoms with Crippen molar-refractivity contribution in [2.24, 2.45) is 0 Å². The molecule has 0 fully saturated rings. The summed E-state index contributed by atoms with van der Waals surface area (Å²) in [6.45, 7) is 10.4. The van der Waals surface area contributed by atoms with Gasteiger partial charge in [-0.2, -0.15) is 0 Å². The van der Waals surface area contributed by atoms with Gasteiger partial charge in [0.2, 0.25) is 5.91 Å². The third-order valence-corrected chi connectivity index (χ3v) is 3.90. The van der Waals surface area contributed by atoms with Crippen LogP contribution in [-0.2, 0) is 11.3 Å². The average molecular weight is 266 g/mol. The molecule has 18 heavy (non-hydrogen) atoms. The summed E-state index contributed by atoms with van der Waals surface area (Å²) in [5, 5.41) is 4.93. The van der Waals surface area contributed by atoms with Gasteiger partial charge in [0.15, 0.2) is 0 Å². The Morgan fingerprint density at radius 3 is 3.00 bits per heavy atom. The highest BCUT2D eigenvalue weighted by Crippen LogP contribution is 2.14. The monoisotopic (exact) mass is 266 g/mol. The molecule has 0 spiro atoms. The van der Waals surface area contributed by atoms with Crippen molar-refractivity contribution in [1.29, 1.82) is 0 Å². The summed E-state index contributed by atoms with van der Waals surface area (Å²) in [6, 6.07) is 4.75. The molecule has 1 amide bonds. The average Bonchev–Trinajstić information content (AvgIpc) is 2.89. The maximum atomic E-state index is 11.1. The largest absolute Gasteiger partial charge is 0.351 e. The molecule has 1 aromatic rings. The van der Waals surface area contributed by atoms with Crippen LogP contribution in [0.3, 0.4) is 0 Å². The Morgan fingerprint density at radius 2 is 2.44 bits per heavy atom. The van der Waals surface area contributed by atoms with E-state index in [0.717, 1.165) is 19.5 Å². The van der Waals surface area contributed by atoms with Gasteiger partial charge in [-0.25, -0.2) is 0 Å². The number of carbonyl (C=O) groups excluding carboxylic acids is 1. The molecule has 0 aliphatic rings. The van der Waals surface area contributed by atoms with E-state index in [4.69, 9.17) is 0 Å². The fourth-order valence-corrected chi connectivity index (χ4v) is 2.44. The minimum absolute atomic E-state index is 0.102. The van der Waals surface area contributed by atoms with Gasteiger partial charge in [0, 0.05) is 30.6 Å². The van der Waals surface area contributed by atoms with Gasteiger partial charge in [0.05, 0.1) is 0 Å². The van der Waals surface area contributed by atoms with Crippen molar-refractivity contribution in [3.8, 4) is 0 Å². The zero-order chi connectivity index (χ0) is 13.4. The van der Waals surface area contributed by atoms with Crippen LogP contribution in [0.5, 0.6) is 0 Å². The molecule has 0 saturated carbocycles. The Morgan fingerprint density at radius 1 is 1.67 bits per heavy atom. The number of nitrogens with zero attached hydrogens (tertiary/aromatic N) is 1. The van der Waals surface area contributed by atoms with Crippen LogP contribution in [-0.4, -0.2) is 29.9 Å². The van der Waals surface area contributed by atoms with Crippen LogP contribution in [0.2, 0.25) is 0 Å². The quantitative estimate of drug-likeness (QED) is 0.734. The fraction of sp³-hybridized carbons (Fsp3) is 0.500. The number of hydrogen-bond donors (Lipinski definition) is 1. The lowest BCUT2D eigenvalue weighted by Gasteiger charge is -2.27. The van der Waals surface area contributed by atoms with E-state index in [1.54, 1.807) is 11.3 Å². The van der Waals surface area contributed by atoms with Gasteiger partial charge in [-0.1, -0.05) is 19.6 Å². The fourth-order valence-electron chi connectivity index (χ4n) is 1.71. The summed E-state index contributed by atoms with van der Waals surface area (Å²) in [4.78, 5) is 14.9. The Bertz CT molecular complexity index is 362. The van der Waals surface area contributed by atoms with E-state index >= 15 is 0 Å². The molecule has 4 heteroatoms. The van der Waals surface area contributed by atoms with E-state index in [0.29, 0.717) is 12.6 Å². The van der Waals surface area contributed by atoms with Crippen LogP contribution in [0.4, 0.5) is 0 Å². The summed E-state index contributed by atoms with van der Waals surface area (Å²) < 4.78 is 0. The topological polar surface area (TPSA) is 32.3 Å². The maximum absolute atomic E-state index is 11.1. The molecule has 100 valence electrons. The highest BCUT2D eigenvalue weighted by Gasteiger charge is 2.12. The first-order valence-corrected chi connectivity index (χ1v) is 7.22. The van der Waals surface area contributed by atoms with Crippen molar-refractivity contribution in [3.05, 3.63) is 35.0 Å². The molecule has 0 aromatic carbocycles. The van der Waals surface area contributed by atoms with Crippen molar-refractivity contribution in [3.63, 3.8) is 0 Å². The Hall–Kier alpha value is -1.13. The lowest BCUT2D eigenvalue weighted by atomic mass is 10.2. The first-order chi connectivity index (χ1) is 8.67. The molecule has 0 radical (unpaired) electrons. The van der Waals surface area contributed by atoms with Gasteiger partial charge in [-0.15, -0.1) is 11.3 Å². The molecule has 3 nitrogen and oxygen atoms in total. The molecule has 1 unspecified atom stereocenters. The summed E-state index contributed by atoms with van der Waals surface area (Å²) in [6.07, 6.45) is 2.42. The minimum atomic E-state index is -0.102. The van der Waals surface area contributed by atoms with Crippen molar-refractivity contribution in [2.75, 3.05) is 13.1 Å². The molecule has 1 N–H and O–H groups in total. The van der Waals surface area contributed by atoms with Crippen LogP contribution < -0.4 is 5.32 Å². The molecule has 0 bridgehead atoms. The van der Waals surface area contributed by atoms with Gasteiger partial charge in [-0.05, 0) is 30.9 Å². The van der Waals surface area contributed by atoms with Crippen LogP contribution in [0.25, 0.3) is 0 Å². The molecule has 1 heterocycles. The number of thiophene rings is 1. The van der Waals surface area contributed by atoms with E-state index in [9.17, 15) is 4.79 Å². The summed E-state index contributed by atoms with van der Waals surface area (Å²) >= 11 is 1.78. The first-order valence-electron chi connectivity index (χ1n) is 6.34. The van der Waals surface area contributed by atoms with Gasteiger partial charge < -0.3 is 5.32 Å². The van der Waals surface area contributed by atoms with Crippen molar-refractivity contribution in [1.82, 2.24) is 10.2 Å². The van der Waals surface area contributed by atoms with Gasteiger partial charge in [-0.3, -0.25) is 9.69 Å². The zero-order valence-electron chi connectivity index (χ0n) is 11.2. The summed E-state index contributed by atoms with van der Waals surface area (Å²) in [7, 11) is 0. The van der Waals surface area contributed by atoms with Crippen LogP contribution in [0.1, 0.15) is 25.1 Å². The summed E-state index contributed by atoms with van der Waals surface area (Å²) in [5.74, 6) is -0.102. The molecule has 1 atom stereocenters. The standard InChI is InChI=1S/C14H22N2OS/c1-4-12(3)16(9-8-15-14(17)5-2)11-13-7-6-10-18-13/h5-7,10,12H,2,4,8-9,11H2,1,3H3,(H,15,17). The predicted molar refractivity (Wildman–Crippen MR) is 77.7 cm³/mol. The number of nitrogens with one attached hydrogen (secondary N) is 1. The second-order valence-corrected chi connectivity index (χ2v) is 5.33. The van der Waals surface area contributed by atoms with E-state index in [2.05, 4.69) is 48.2 Å². The first kappa shape index (κ1) is 14.9. The molecular formula is C14H22N2OS. The third-order valence-electron chi connectivity index (χ3n) is 3.04. The number of rotatable bonds is 8. The van der Waals surface area contributed by atoms with Crippen molar-refractivity contribution < 1.29 is 4.79 Å². The number of amides is 1. The predicted octanol–water partition coefficient (Wildman–Crippen LogP) is 2.65. The number of carbonyl (C=O) groups is 1. The van der Waals surface area contributed by atoms with Crippen LogP contribution in [0, 0.1) is 0 Å². The second-order valence-electron chi connectivity index (χ2n) is 4.30. The van der Waals surface area contributed by atoms with Crippen molar-refractivity contribution >= 4 is 17.2 Å². The molecule has 1 rings (SSSR count). The highest BCUT2D eigenvalue weighted by atomic mass is 32.1. The van der Waals surface area contributed by atoms with Gasteiger partial charge >= 0.3 is 0 Å². The normalized spacial score (nSPS) is 12.4. The van der Waals surface area contributed by atoms with Crippen LogP contribution >= 0.6 is 11.3 Å². The molecular weight excluding hydrogens is 244 g/mol. The second kappa shape index (κ2) is 8.06. The van der Waals surface area contributed by atoms with E-state index < -0.39 is 0 Å². The lowest BCUT2D eigenvalue weighted by Crippen LogP contribution is -2.38. The smallest absolute Gasteiger partial charge is 0.243 e. The molecule has 0 aliphatic heterocycles. The van der Waals surface area contributed by atoms with E-state index in [1.165, 1.54) is 11.0 Å². The lowest BCUT2D eigenvalue weighted by molar-refractivity contribution is -0.116. The maximum Gasteiger partial charge on any atom is 0.243 e. The SMILES string of the molecule is C=CC(=O)NCCN(Cc1cccs1)C(C)CC. The summed E-state index contributed by atoms with van der Waals surface area (Å²) in [5.41, 5.74) is 0. The Labute approximate surface area is 114 Å². The van der Waals surface area contributed by atoms with E-state index in [-0.39, 0.29) is 5.91 Å². The highest BCUT2D eigenvalue weighted by molar-refractivity contribution is 7.09. The third kappa shape index (κ3) is 5.02. The zero-order valence-corrected chi connectivity index (χ0v) is 12.0. The van der Waals surface area contributed by atoms with Gasteiger partial charge in [0.25, 0.3) is 0 Å². The molecule has 0 saturated heterocycles. The molecule has 1 aromatic heterocycles.